The average molecular weight is 333 g/mol. The van der Waals surface area contributed by atoms with Crippen LogP contribution < -0.4 is 10.2 Å². The molecule has 2 rings (SSSR count). The lowest BCUT2D eigenvalue weighted by molar-refractivity contribution is -0.118. The number of nitrogens with zero attached hydrogens (tertiary/aromatic N) is 2. The Kier molecular flexibility index (Phi) is 6.63. The first-order valence-corrected chi connectivity index (χ1v) is 8.93. The highest BCUT2D eigenvalue weighted by molar-refractivity contribution is 5.91. The van der Waals surface area contributed by atoms with E-state index in [2.05, 4.69) is 35.0 Å². The minimum Gasteiger partial charge on any atom is -0.392 e. The largest absolute Gasteiger partial charge is 0.392 e. The van der Waals surface area contributed by atoms with E-state index in [0.29, 0.717) is 6.04 Å². The zero-order valence-electron chi connectivity index (χ0n) is 15.3. The van der Waals surface area contributed by atoms with Crippen molar-refractivity contribution in [3.8, 4) is 0 Å². The minimum atomic E-state index is -0.600. The zero-order chi connectivity index (χ0) is 17.7. The average Bonchev–Trinajstić information content (AvgIpc) is 2.55. The van der Waals surface area contributed by atoms with E-state index in [1.54, 1.807) is 0 Å². The van der Waals surface area contributed by atoms with Crippen molar-refractivity contribution in [3.63, 3.8) is 0 Å². The molecule has 1 heterocycles. The summed E-state index contributed by atoms with van der Waals surface area (Å²) in [7, 11) is 0. The third kappa shape index (κ3) is 5.21. The van der Waals surface area contributed by atoms with Crippen LogP contribution in [0.2, 0.25) is 0 Å². The molecule has 1 fully saturated rings. The first kappa shape index (κ1) is 18.7. The van der Waals surface area contributed by atoms with Crippen LogP contribution >= 0.6 is 0 Å². The number of nitrogens with one attached hydrogen (secondary N) is 1. The van der Waals surface area contributed by atoms with Gasteiger partial charge in [0.1, 0.15) is 0 Å². The van der Waals surface area contributed by atoms with Crippen molar-refractivity contribution >= 4 is 17.3 Å². The normalized spacial score (nSPS) is 17.4. The maximum atomic E-state index is 12.0. The lowest BCUT2D eigenvalue weighted by atomic mass is 10.0. The number of hydrogen-bond acceptors (Lipinski definition) is 4. The van der Waals surface area contributed by atoms with Gasteiger partial charge in [-0.2, -0.15) is 0 Å². The molecule has 134 valence electrons. The van der Waals surface area contributed by atoms with Crippen molar-refractivity contribution in [3.05, 3.63) is 24.3 Å². The summed E-state index contributed by atoms with van der Waals surface area (Å²) < 4.78 is 0. The Morgan fingerprint density at radius 1 is 1.17 bits per heavy atom. The predicted molar refractivity (Wildman–Crippen MR) is 99.5 cm³/mol. The van der Waals surface area contributed by atoms with Crippen LogP contribution in [-0.2, 0) is 4.79 Å². The molecule has 0 unspecified atom stereocenters. The fourth-order valence-electron chi connectivity index (χ4n) is 2.91. The molecule has 1 aromatic carbocycles. The Balaban J connectivity index is 1.93. The van der Waals surface area contributed by atoms with Crippen molar-refractivity contribution < 1.29 is 9.90 Å². The summed E-state index contributed by atoms with van der Waals surface area (Å²) in [5, 5.41) is 12.7. The van der Waals surface area contributed by atoms with Crippen molar-refractivity contribution in [2.45, 2.75) is 46.3 Å². The van der Waals surface area contributed by atoms with Gasteiger partial charge in [0, 0.05) is 43.6 Å². The smallest absolute Gasteiger partial charge is 0.226 e. The highest BCUT2D eigenvalue weighted by Crippen LogP contribution is 2.22. The molecule has 24 heavy (non-hydrogen) atoms. The van der Waals surface area contributed by atoms with Gasteiger partial charge in [-0.3, -0.25) is 9.69 Å². The maximum Gasteiger partial charge on any atom is 0.226 e. The van der Waals surface area contributed by atoms with Crippen LogP contribution in [0.1, 0.15) is 34.1 Å². The van der Waals surface area contributed by atoms with Crippen molar-refractivity contribution in [1.29, 1.82) is 0 Å². The number of aliphatic hydroxyl groups is 1. The molecular formula is C19H31N3O2. The van der Waals surface area contributed by atoms with Gasteiger partial charge >= 0.3 is 0 Å². The highest BCUT2D eigenvalue weighted by atomic mass is 16.3. The SMILES string of the molecule is CC(C)[C@H](O)CC(=O)Nc1cccc(N2CCN(C(C)C)CC2)c1. The molecule has 0 aliphatic carbocycles. The van der Waals surface area contributed by atoms with Gasteiger partial charge < -0.3 is 15.3 Å². The van der Waals surface area contributed by atoms with Crippen LogP contribution in [0.25, 0.3) is 0 Å². The predicted octanol–water partition coefficient (Wildman–Crippen LogP) is 2.56. The fourth-order valence-corrected chi connectivity index (χ4v) is 2.91. The summed E-state index contributed by atoms with van der Waals surface area (Å²) in [5.41, 5.74) is 1.93. The van der Waals surface area contributed by atoms with Gasteiger partial charge in [0.2, 0.25) is 5.91 Å². The number of rotatable bonds is 6. The van der Waals surface area contributed by atoms with Gasteiger partial charge in [0.15, 0.2) is 0 Å². The molecule has 1 aromatic rings. The Hall–Kier alpha value is -1.59. The number of aliphatic hydroxyl groups excluding tert-OH is 1. The third-order valence-electron chi connectivity index (χ3n) is 4.70. The molecule has 5 heteroatoms. The molecule has 1 aliphatic heterocycles. The molecule has 0 aromatic heterocycles. The van der Waals surface area contributed by atoms with Crippen molar-refractivity contribution in [2.75, 3.05) is 36.4 Å². The molecule has 1 aliphatic rings. The summed E-state index contributed by atoms with van der Waals surface area (Å²) in [6.07, 6.45) is -0.466. The molecule has 0 radical (unpaired) electrons. The highest BCUT2D eigenvalue weighted by Gasteiger charge is 2.19. The molecule has 2 N–H and O–H groups in total. The van der Waals surface area contributed by atoms with E-state index in [9.17, 15) is 9.90 Å². The molecule has 1 atom stereocenters. The molecule has 1 saturated heterocycles. The van der Waals surface area contributed by atoms with E-state index in [4.69, 9.17) is 0 Å². The van der Waals surface area contributed by atoms with Gasteiger partial charge in [-0.15, -0.1) is 0 Å². The maximum absolute atomic E-state index is 12.0. The van der Waals surface area contributed by atoms with Crippen LogP contribution in [0.5, 0.6) is 0 Å². The van der Waals surface area contributed by atoms with Gasteiger partial charge in [-0.05, 0) is 38.0 Å². The number of piperazine rings is 1. The minimum absolute atomic E-state index is 0.0827. The molecule has 0 bridgehead atoms. The number of carbonyl (C=O) groups is 1. The lowest BCUT2D eigenvalue weighted by Gasteiger charge is -2.38. The summed E-state index contributed by atoms with van der Waals surface area (Å²) in [5.74, 6) is -0.0580. The molecule has 5 nitrogen and oxygen atoms in total. The number of benzene rings is 1. The van der Waals surface area contributed by atoms with E-state index < -0.39 is 6.10 Å². The van der Waals surface area contributed by atoms with Crippen LogP contribution in [0, 0.1) is 5.92 Å². The number of anilines is 2. The lowest BCUT2D eigenvalue weighted by Crippen LogP contribution is -2.48. The standard InChI is InChI=1S/C19H31N3O2/c1-14(2)18(23)13-19(24)20-16-6-5-7-17(12-16)22-10-8-21(9-11-22)15(3)4/h5-7,12,14-15,18,23H,8-11,13H2,1-4H3,(H,20,24)/t18-/m1/s1. The van der Waals surface area contributed by atoms with E-state index in [0.717, 1.165) is 37.6 Å². The summed E-state index contributed by atoms with van der Waals surface area (Å²) in [6.45, 7) is 12.4. The van der Waals surface area contributed by atoms with Gasteiger partial charge in [0.05, 0.1) is 12.5 Å². The van der Waals surface area contributed by atoms with Gasteiger partial charge in [-0.1, -0.05) is 19.9 Å². The fraction of sp³-hybridized carbons (Fsp3) is 0.632. The van der Waals surface area contributed by atoms with E-state index >= 15 is 0 Å². The van der Waals surface area contributed by atoms with Crippen LogP contribution in [0.3, 0.4) is 0 Å². The number of amides is 1. The van der Waals surface area contributed by atoms with Crippen LogP contribution in [-0.4, -0.2) is 54.2 Å². The molecule has 1 amide bonds. The van der Waals surface area contributed by atoms with Crippen LogP contribution in [0.15, 0.2) is 24.3 Å². The first-order chi connectivity index (χ1) is 11.4. The summed E-state index contributed by atoms with van der Waals surface area (Å²) in [6, 6.07) is 8.56. The Bertz CT molecular complexity index is 537. The van der Waals surface area contributed by atoms with Crippen molar-refractivity contribution in [1.82, 2.24) is 4.90 Å². The van der Waals surface area contributed by atoms with Crippen LogP contribution in [0.4, 0.5) is 11.4 Å². The monoisotopic (exact) mass is 333 g/mol. The second-order valence-electron chi connectivity index (χ2n) is 7.23. The van der Waals surface area contributed by atoms with Gasteiger partial charge in [-0.25, -0.2) is 0 Å². The Morgan fingerprint density at radius 2 is 1.83 bits per heavy atom. The summed E-state index contributed by atoms with van der Waals surface area (Å²) >= 11 is 0. The number of hydrogen-bond donors (Lipinski definition) is 2. The second-order valence-corrected chi connectivity index (χ2v) is 7.23. The Labute approximate surface area is 145 Å². The Morgan fingerprint density at radius 3 is 2.42 bits per heavy atom. The third-order valence-corrected chi connectivity index (χ3v) is 4.70. The van der Waals surface area contributed by atoms with Gasteiger partial charge in [0.25, 0.3) is 0 Å². The van der Waals surface area contributed by atoms with Crippen molar-refractivity contribution in [2.24, 2.45) is 5.92 Å². The first-order valence-electron chi connectivity index (χ1n) is 8.93. The summed E-state index contributed by atoms with van der Waals surface area (Å²) in [4.78, 5) is 16.9. The second kappa shape index (κ2) is 8.49. The van der Waals surface area contributed by atoms with E-state index in [1.807, 2.05) is 32.0 Å². The number of carbonyl (C=O) groups excluding carboxylic acids is 1. The zero-order valence-corrected chi connectivity index (χ0v) is 15.3. The molecule has 0 saturated carbocycles. The molecule has 0 spiro atoms. The quantitative estimate of drug-likeness (QED) is 0.840. The van der Waals surface area contributed by atoms with E-state index in [-0.39, 0.29) is 18.2 Å². The molecular weight excluding hydrogens is 302 g/mol. The topological polar surface area (TPSA) is 55.8 Å². The van der Waals surface area contributed by atoms with E-state index in [1.165, 1.54) is 0 Å².